The Morgan fingerprint density at radius 3 is 2.11 bits per heavy atom. The van der Waals surface area contributed by atoms with E-state index < -0.39 is 0 Å². The van der Waals surface area contributed by atoms with Gasteiger partial charge in [0.25, 0.3) is 11.8 Å². The van der Waals surface area contributed by atoms with Crippen molar-refractivity contribution < 1.29 is 19.2 Å². The Kier molecular flexibility index (Phi) is 5.94. The van der Waals surface area contributed by atoms with Gasteiger partial charge < -0.3 is 5.32 Å². The summed E-state index contributed by atoms with van der Waals surface area (Å²) in [6.45, 7) is 3.51. The van der Waals surface area contributed by atoms with Gasteiger partial charge in [0, 0.05) is 23.5 Å². The summed E-state index contributed by atoms with van der Waals surface area (Å²) in [5.41, 5.74) is 2.05. The van der Waals surface area contributed by atoms with Crippen LogP contribution in [-0.4, -0.2) is 46.0 Å². The summed E-state index contributed by atoms with van der Waals surface area (Å²) in [7, 11) is 0. The number of carbonyl (C=O) groups is 4. The van der Waals surface area contributed by atoms with Gasteiger partial charge in [-0.3, -0.25) is 24.1 Å². The maximum absolute atomic E-state index is 12.3. The van der Waals surface area contributed by atoms with Crippen LogP contribution in [0.1, 0.15) is 44.9 Å². The molecule has 0 fully saturated rings. The van der Waals surface area contributed by atoms with Crippen molar-refractivity contribution in [3.05, 3.63) is 65.2 Å². The monoisotopic (exact) mass is 396 g/mol. The molecule has 1 unspecified atom stereocenters. The lowest BCUT2D eigenvalue weighted by Crippen LogP contribution is -2.32. The van der Waals surface area contributed by atoms with E-state index >= 15 is 0 Å². The molecule has 3 amide bonds. The summed E-state index contributed by atoms with van der Waals surface area (Å²) in [4.78, 5) is 49.5. The lowest BCUT2D eigenvalue weighted by Gasteiger charge is -2.16. The molecule has 2 aromatic carbocycles. The fourth-order valence-corrected chi connectivity index (χ4v) is 3.72. The number of benzene rings is 2. The van der Waals surface area contributed by atoms with E-state index in [4.69, 9.17) is 0 Å². The molecule has 0 aromatic heterocycles. The number of carbonyl (C=O) groups excluding carboxylic acids is 4. The van der Waals surface area contributed by atoms with E-state index in [1.54, 1.807) is 55.5 Å². The highest BCUT2D eigenvalue weighted by molar-refractivity contribution is 8.00. The average molecular weight is 396 g/mol. The number of hydrogen-bond acceptors (Lipinski definition) is 5. The largest absolute Gasteiger partial charge is 0.325 e. The van der Waals surface area contributed by atoms with E-state index in [-0.39, 0.29) is 35.3 Å². The zero-order chi connectivity index (χ0) is 20.3. The van der Waals surface area contributed by atoms with E-state index in [1.165, 1.54) is 23.6 Å². The Labute approximate surface area is 167 Å². The van der Waals surface area contributed by atoms with Crippen molar-refractivity contribution in [2.24, 2.45) is 0 Å². The fraction of sp³-hybridized carbons (Fsp3) is 0.238. The third-order valence-electron chi connectivity index (χ3n) is 4.49. The SMILES string of the molecule is CC(=O)c1ccc(NC(=O)C(C)SCCN2C(=O)c3ccccc3C2=O)cc1. The summed E-state index contributed by atoms with van der Waals surface area (Å²) in [5.74, 6) is -0.325. The van der Waals surface area contributed by atoms with Crippen LogP contribution in [-0.2, 0) is 4.79 Å². The highest BCUT2D eigenvalue weighted by atomic mass is 32.2. The summed E-state index contributed by atoms with van der Waals surface area (Å²) < 4.78 is 0. The zero-order valence-corrected chi connectivity index (χ0v) is 16.4. The van der Waals surface area contributed by atoms with Crippen LogP contribution in [0.2, 0.25) is 0 Å². The molecule has 1 aliphatic rings. The first kappa shape index (κ1) is 19.8. The number of nitrogens with zero attached hydrogens (tertiary/aromatic N) is 1. The van der Waals surface area contributed by atoms with E-state index in [1.807, 2.05) is 0 Å². The smallest absolute Gasteiger partial charge is 0.261 e. The van der Waals surface area contributed by atoms with Gasteiger partial charge in [0.2, 0.25) is 5.91 Å². The second kappa shape index (κ2) is 8.39. The number of rotatable bonds is 7. The Bertz CT molecular complexity index is 905. The molecule has 2 aromatic rings. The third kappa shape index (κ3) is 4.14. The van der Waals surface area contributed by atoms with Crippen LogP contribution in [0.15, 0.2) is 48.5 Å². The van der Waals surface area contributed by atoms with Crippen LogP contribution < -0.4 is 5.32 Å². The highest BCUT2D eigenvalue weighted by Crippen LogP contribution is 2.23. The number of fused-ring (bicyclic) bond motifs is 1. The maximum Gasteiger partial charge on any atom is 0.261 e. The number of nitrogens with one attached hydrogen (secondary N) is 1. The minimum absolute atomic E-state index is 0.0324. The summed E-state index contributed by atoms with van der Waals surface area (Å²) in [6, 6.07) is 13.5. The van der Waals surface area contributed by atoms with Gasteiger partial charge in [-0.15, -0.1) is 11.8 Å². The van der Waals surface area contributed by atoms with Crippen molar-refractivity contribution in [1.82, 2.24) is 4.90 Å². The summed E-state index contributed by atoms with van der Waals surface area (Å²) >= 11 is 1.37. The molecule has 6 nitrogen and oxygen atoms in total. The Morgan fingerprint density at radius 2 is 1.57 bits per heavy atom. The molecule has 0 saturated carbocycles. The third-order valence-corrected chi connectivity index (χ3v) is 5.62. The molecule has 144 valence electrons. The molecule has 0 aliphatic carbocycles. The quantitative estimate of drug-likeness (QED) is 0.574. The lowest BCUT2D eigenvalue weighted by molar-refractivity contribution is -0.115. The van der Waals surface area contributed by atoms with Crippen LogP contribution in [0, 0.1) is 0 Å². The first-order valence-corrected chi connectivity index (χ1v) is 9.92. The van der Waals surface area contributed by atoms with Gasteiger partial charge in [-0.25, -0.2) is 0 Å². The van der Waals surface area contributed by atoms with E-state index in [0.717, 1.165) is 0 Å². The molecule has 1 aliphatic heterocycles. The molecule has 0 spiro atoms. The fourth-order valence-electron chi connectivity index (χ4n) is 2.87. The van der Waals surface area contributed by atoms with Crippen LogP contribution in [0.5, 0.6) is 0 Å². The molecular weight excluding hydrogens is 376 g/mol. The van der Waals surface area contributed by atoms with Gasteiger partial charge in [-0.1, -0.05) is 12.1 Å². The van der Waals surface area contributed by atoms with Gasteiger partial charge in [0.1, 0.15) is 0 Å². The predicted molar refractivity (Wildman–Crippen MR) is 109 cm³/mol. The highest BCUT2D eigenvalue weighted by Gasteiger charge is 2.34. The van der Waals surface area contributed by atoms with Gasteiger partial charge in [0.05, 0.1) is 16.4 Å². The van der Waals surface area contributed by atoms with E-state index in [2.05, 4.69) is 5.32 Å². The van der Waals surface area contributed by atoms with Crippen LogP contribution in [0.3, 0.4) is 0 Å². The van der Waals surface area contributed by atoms with Crippen molar-refractivity contribution in [2.75, 3.05) is 17.6 Å². The van der Waals surface area contributed by atoms with Gasteiger partial charge in [0.15, 0.2) is 5.78 Å². The van der Waals surface area contributed by atoms with E-state index in [0.29, 0.717) is 28.1 Å². The Hall–Kier alpha value is -2.93. The molecule has 3 rings (SSSR count). The zero-order valence-electron chi connectivity index (χ0n) is 15.6. The van der Waals surface area contributed by atoms with E-state index in [9.17, 15) is 19.2 Å². The van der Waals surface area contributed by atoms with Gasteiger partial charge >= 0.3 is 0 Å². The normalized spacial score (nSPS) is 14.0. The predicted octanol–water partition coefficient (Wildman–Crippen LogP) is 3.25. The number of imide groups is 1. The van der Waals surface area contributed by atoms with Crippen molar-refractivity contribution in [2.45, 2.75) is 19.1 Å². The molecule has 0 saturated heterocycles. The van der Waals surface area contributed by atoms with Gasteiger partial charge in [-0.05, 0) is 50.2 Å². The minimum Gasteiger partial charge on any atom is -0.325 e. The number of Topliss-reactive ketones (excluding diaryl/α,β-unsaturated/α-hetero) is 1. The average Bonchev–Trinajstić information content (AvgIpc) is 2.93. The molecule has 0 bridgehead atoms. The van der Waals surface area contributed by atoms with Crippen molar-refractivity contribution >= 4 is 41.0 Å². The lowest BCUT2D eigenvalue weighted by atomic mass is 10.1. The summed E-state index contributed by atoms with van der Waals surface area (Å²) in [5, 5.41) is 2.44. The van der Waals surface area contributed by atoms with Gasteiger partial charge in [-0.2, -0.15) is 0 Å². The second-order valence-electron chi connectivity index (χ2n) is 6.44. The Balaban J connectivity index is 1.50. The second-order valence-corrected chi connectivity index (χ2v) is 7.89. The minimum atomic E-state index is -0.359. The van der Waals surface area contributed by atoms with Crippen molar-refractivity contribution in [1.29, 1.82) is 0 Å². The first-order chi connectivity index (χ1) is 13.4. The Morgan fingerprint density at radius 1 is 1.00 bits per heavy atom. The first-order valence-electron chi connectivity index (χ1n) is 8.87. The topological polar surface area (TPSA) is 83.6 Å². The van der Waals surface area contributed by atoms with Crippen LogP contribution >= 0.6 is 11.8 Å². The molecule has 28 heavy (non-hydrogen) atoms. The number of ketones is 1. The molecular formula is C21H20N2O4S. The number of anilines is 1. The molecule has 0 radical (unpaired) electrons. The summed E-state index contributed by atoms with van der Waals surface area (Å²) in [6.07, 6.45) is 0. The molecule has 1 N–H and O–H groups in total. The number of thioether (sulfide) groups is 1. The number of amides is 3. The molecule has 1 atom stereocenters. The number of hydrogen-bond donors (Lipinski definition) is 1. The van der Waals surface area contributed by atoms with Crippen molar-refractivity contribution in [3.63, 3.8) is 0 Å². The maximum atomic E-state index is 12.3. The molecule has 7 heteroatoms. The van der Waals surface area contributed by atoms with Crippen molar-refractivity contribution in [3.8, 4) is 0 Å². The van der Waals surface area contributed by atoms with Crippen LogP contribution in [0.4, 0.5) is 5.69 Å². The van der Waals surface area contributed by atoms with Crippen LogP contribution in [0.25, 0.3) is 0 Å². The standard InChI is InChI=1S/C21H20N2O4S/c1-13(24)15-7-9-16(10-8-15)22-19(25)14(2)28-12-11-23-20(26)17-5-3-4-6-18(17)21(23)27/h3-10,14H,11-12H2,1-2H3,(H,22,25). The molecule has 1 heterocycles.